The van der Waals surface area contributed by atoms with Crippen molar-refractivity contribution in [2.24, 2.45) is 0 Å². The Morgan fingerprint density at radius 1 is 0.960 bits per heavy atom. The van der Waals surface area contributed by atoms with Gasteiger partial charge in [0.2, 0.25) is 0 Å². The van der Waals surface area contributed by atoms with Crippen molar-refractivity contribution < 1.29 is 9.13 Å². The summed E-state index contributed by atoms with van der Waals surface area (Å²) in [5, 5.41) is 0. The van der Waals surface area contributed by atoms with Gasteiger partial charge >= 0.3 is 0 Å². The lowest BCUT2D eigenvalue weighted by Gasteiger charge is -2.07. The van der Waals surface area contributed by atoms with Crippen LogP contribution in [0.25, 0.3) is 16.9 Å². The molecule has 0 spiro atoms. The number of fused-ring (bicyclic) bond motifs is 1. The molecule has 0 bridgehead atoms. The zero-order valence-corrected chi connectivity index (χ0v) is 14.8. The van der Waals surface area contributed by atoms with Gasteiger partial charge in [-0.2, -0.15) is 0 Å². The van der Waals surface area contributed by atoms with Gasteiger partial charge in [-0.05, 0) is 57.9 Å². The Hall–Kier alpha value is -2.66. The normalized spacial score (nSPS) is 11.0. The largest absolute Gasteiger partial charge is 0.485 e. The first-order valence-corrected chi connectivity index (χ1v) is 8.61. The highest BCUT2D eigenvalue weighted by molar-refractivity contribution is 9.10. The molecule has 4 rings (SSSR count). The molecule has 4 aromatic rings. The molecule has 2 aromatic carbocycles. The minimum absolute atomic E-state index is 0.268. The molecule has 2 heterocycles. The molecule has 0 N–H and O–H groups in total. The summed E-state index contributed by atoms with van der Waals surface area (Å²) in [6.45, 7) is 0.469. The molecule has 0 aliphatic rings. The highest BCUT2D eigenvalue weighted by atomic mass is 79.9. The number of rotatable bonds is 4. The molecule has 0 aliphatic carbocycles. The van der Waals surface area contributed by atoms with E-state index in [0.717, 1.165) is 21.4 Å². The quantitative estimate of drug-likeness (QED) is 0.456. The second kappa shape index (κ2) is 6.69. The number of pyridine rings is 1. The standard InChI is InChI=1S/C20H14BrFN2O/c21-19-18(15-8-10-16(22)11-9-15)23-20-17(7-4-12-24(19)20)25-13-14-5-2-1-3-6-14/h1-12H,13H2. The van der Waals surface area contributed by atoms with E-state index in [9.17, 15) is 4.39 Å². The number of ether oxygens (including phenoxy) is 1. The van der Waals surface area contributed by atoms with E-state index in [0.29, 0.717) is 18.0 Å². The highest BCUT2D eigenvalue weighted by Gasteiger charge is 2.15. The Labute approximate surface area is 152 Å². The van der Waals surface area contributed by atoms with Gasteiger partial charge in [0.1, 0.15) is 22.7 Å². The zero-order chi connectivity index (χ0) is 17.2. The van der Waals surface area contributed by atoms with Crippen molar-refractivity contribution in [1.82, 2.24) is 9.38 Å². The summed E-state index contributed by atoms with van der Waals surface area (Å²) < 4.78 is 21.9. The molecule has 2 aromatic heterocycles. The number of hydrogen-bond donors (Lipinski definition) is 0. The Morgan fingerprint density at radius 2 is 1.72 bits per heavy atom. The number of imidazole rings is 1. The van der Waals surface area contributed by atoms with Crippen LogP contribution in [-0.4, -0.2) is 9.38 Å². The second-order valence-electron chi connectivity index (χ2n) is 5.60. The number of nitrogens with zero attached hydrogens (tertiary/aromatic N) is 2. The van der Waals surface area contributed by atoms with Crippen molar-refractivity contribution in [3.8, 4) is 17.0 Å². The molecule has 5 heteroatoms. The van der Waals surface area contributed by atoms with Gasteiger partial charge in [-0.15, -0.1) is 0 Å². The maximum Gasteiger partial charge on any atom is 0.181 e. The van der Waals surface area contributed by atoms with E-state index >= 15 is 0 Å². The summed E-state index contributed by atoms with van der Waals surface area (Å²) in [6.07, 6.45) is 1.91. The predicted molar refractivity (Wildman–Crippen MR) is 99.1 cm³/mol. The van der Waals surface area contributed by atoms with Crippen LogP contribution in [0.1, 0.15) is 5.56 Å². The Kier molecular flexibility index (Phi) is 4.24. The molecule has 0 saturated carbocycles. The van der Waals surface area contributed by atoms with E-state index < -0.39 is 0 Å². The predicted octanol–water partition coefficient (Wildman–Crippen LogP) is 5.48. The summed E-state index contributed by atoms with van der Waals surface area (Å²) >= 11 is 3.59. The first-order chi connectivity index (χ1) is 12.2. The molecule has 124 valence electrons. The minimum atomic E-state index is -0.268. The average Bonchev–Trinajstić information content (AvgIpc) is 2.99. The fourth-order valence-corrected chi connectivity index (χ4v) is 3.26. The second-order valence-corrected chi connectivity index (χ2v) is 6.35. The van der Waals surface area contributed by atoms with Crippen LogP contribution in [0.15, 0.2) is 77.5 Å². The van der Waals surface area contributed by atoms with Crippen molar-refractivity contribution in [2.75, 3.05) is 0 Å². The van der Waals surface area contributed by atoms with Crippen molar-refractivity contribution >= 4 is 21.6 Å². The molecular formula is C20H14BrFN2O. The summed E-state index contributed by atoms with van der Waals surface area (Å²) in [7, 11) is 0. The fraction of sp³-hybridized carbons (Fsp3) is 0.0500. The molecule has 0 aliphatic heterocycles. The van der Waals surface area contributed by atoms with Crippen molar-refractivity contribution in [2.45, 2.75) is 6.61 Å². The van der Waals surface area contributed by atoms with Crippen LogP contribution in [0, 0.1) is 5.82 Å². The van der Waals surface area contributed by atoms with Gasteiger partial charge in [-0.3, -0.25) is 4.40 Å². The molecular weight excluding hydrogens is 383 g/mol. The molecule has 3 nitrogen and oxygen atoms in total. The first kappa shape index (κ1) is 15.8. The molecule has 0 atom stereocenters. The lowest BCUT2D eigenvalue weighted by molar-refractivity contribution is 0.308. The minimum Gasteiger partial charge on any atom is -0.485 e. The van der Waals surface area contributed by atoms with Gasteiger partial charge in [0.05, 0.1) is 0 Å². The van der Waals surface area contributed by atoms with E-state index in [1.54, 1.807) is 12.1 Å². The SMILES string of the molecule is Fc1ccc(-c2nc3c(OCc4ccccc4)cccn3c2Br)cc1. The van der Waals surface area contributed by atoms with Crippen molar-refractivity contribution in [1.29, 1.82) is 0 Å². The summed E-state index contributed by atoms with van der Waals surface area (Å²) in [4.78, 5) is 4.69. The number of hydrogen-bond acceptors (Lipinski definition) is 2. The lowest BCUT2D eigenvalue weighted by atomic mass is 10.2. The molecule has 0 amide bonds. The lowest BCUT2D eigenvalue weighted by Crippen LogP contribution is -1.97. The van der Waals surface area contributed by atoms with Gasteiger partial charge in [0.25, 0.3) is 0 Å². The maximum atomic E-state index is 13.2. The first-order valence-electron chi connectivity index (χ1n) is 7.81. The summed E-state index contributed by atoms with van der Waals surface area (Å²) in [6, 6.07) is 20.1. The average molecular weight is 397 g/mol. The van der Waals surface area contributed by atoms with Gasteiger partial charge in [0, 0.05) is 11.8 Å². The van der Waals surface area contributed by atoms with Crippen LogP contribution in [0.4, 0.5) is 4.39 Å². The van der Waals surface area contributed by atoms with Crippen LogP contribution in [0.5, 0.6) is 5.75 Å². The van der Waals surface area contributed by atoms with E-state index in [1.165, 1.54) is 12.1 Å². The van der Waals surface area contributed by atoms with E-state index in [2.05, 4.69) is 15.9 Å². The number of benzene rings is 2. The molecule has 0 saturated heterocycles. The topological polar surface area (TPSA) is 26.5 Å². The molecule has 0 fully saturated rings. The van der Waals surface area contributed by atoms with Crippen LogP contribution in [-0.2, 0) is 6.61 Å². The Morgan fingerprint density at radius 3 is 2.48 bits per heavy atom. The highest BCUT2D eigenvalue weighted by Crippen LogP contribution is 2.32. The van der Waals surface area contributed by atoms with E-state index in [4.69, 9.17) is 9.72 Å². The van der Waals surface area contributed by atoms with E-state index in [1.807, 2.05) is 53.1 Å². The summed E-state index contributed by atoms with van der Waals surface area (Å²) in [5.41, 5.74) is 3.39. The van der Waals surface area contributed by atoms with Gasteiger partial charge in [-0.25, -0.2) is 9.37 Å². The van der Waals surface area contributed by atoms with Gasteiger partial charge < -0.3 is 4.74 Å². The van der Waals surface area contributed by atoms with Gasteiger partial charge in [-0.1, -0.05) is 30.3 Å². The van der Waals surface area contributed by atoms with Crippen LogP contribution >= 0.6 is 15.9 Å². The smallest absolute Gasteiger partial charge is 0.181 e. The third-order valence-electron chi connectivity index (χ3n) is 3.91. The third-order valence-corrected chi connectivity index (χ3v) is 4.67. The third kappa shape index (κ3) is 3.15. The molecule has 0 radical (unpaired) electrons. The summed E-state index contributed by atoms with van der Waals surface area (Å²) in [5.74, 6) is 0.427. The van der Waals surface area contributed by atoms with Crippen LogP contribution < -0.4 is 4.74 Å². The van der Waals surface area contributed by atoms with Crippen molar-refractivity contribution in [3.63, 3.8) is 0 Å². The number of halogens is 2. The monoisotopic (exact) mass is 396 g/mol. The maximum absolute atomic E-state index is 13.2. The Bertz CT molecular complexity index is 1010. The van der Waals surface area contributed by atoms with Crippen LogP contribution in [0.3, 0.4) is 0 Å². The zero-order valence-electron chi connectivity index (χ0n) is 13.2. The van der Waals surface area contributed by atoms with E-state index in [-0.39, 0.29) is 5.82 Å². The van der Waals surface area contributed by atoms with Crippen LogP contribution in [0.2, 0.25) is 0 Å². The van der Waals surface area contributed by atoms with Crippen molar-refractivity contribution in [3.05, 3.63) is 88.9 Å². The molecule has 25 heavy (non-hydrogen) atoms. The fourth-order valence-electron chi connectivity index (χ4n) is 2.65. The molecule has 0 unspecified atom stereocenters. The Balaban J connectivity index is 1.71. The van der Waals surface area contributed by atoms with Gasteiger partial charge in [0.15, 0.2) is 11.4 Å². The number of aromatic nitrogens is 2.